The van der Waals surface area contributed by atoms with Crippen LogP contribution in [0.15, 0.2) is 37.0 Å². The van der Waals surface area contributed by atoms with E-state index in [0.717, 1.165) is 32.5 Å². The molecule has 0 aromatic rings. The van der Waals surface area contributed by atoms with Crippen molar-refractivity contribution in [3.05, 3.63) is 37.0 Å². The van der Waals surface area contributed by atoms with Gasteiger partial charge in [-0.05, 0) is 0 Å². The molecule has 2 heteroatoms. The Balaban J connectivity index is 2.41. The summed E-state index contributed by atoms with van der Waals surface area (Å²) in [5, 5.41) is 0. The van der Waals surface area contributed by atoms with Crippen molar-refractivity contribution < 1.29 is 9.47 Å². The first-order chi connectivity index (χ1) is 7.33. The van der Waals surface area contributed by atoms with Gasteiger partial charge in [0.2, 0.25) is 0 Å². The van der Waals surface area contributed by atoms with Gasteiger partial charge < -0.3 is 9.47 Å². The second kappa shape index (κ2) is 6.59. The van der Waals surface area contributed by atoms with Crippen LogP contribution in [-0.4, -0.2) is 19.0 Å². The highest BCUT2D eigenvalue weighted by Crippen LogP contribution is 2.28. The summed E-state index contributed by atoms with van der Waals surface area (Å²) in [6, 6.07) is 0. The van der Waals surface area contributed by atoms with E-state index in [4.69, 9.17) is 9.47 Å². The van der Waals surface area contributed by atoms with E-state index < -0.39 is 0 Å². The minimum absolute atomic E-state index is 0.354. The summed E-state index contributed by atoms with van der Waals surface area (Å²) in [6.07, 6.45) is 12.6. The maximum Gasteiger partial charge on any atom is 0.171 e. The predicted octanol–water partition coefficient (Wildman–Crippen LogP) is 3.22. The molecule has 2 nitrogen and oxygen atoms in total. The molecule has 1 rings (SSSR count). The molecule has 84 valence electrons. The lowest BCUT2D eigenvalue weighted by molar-refractivity contribution is -0.159. The number of allylic oxidation sites excluding steroid dienone is 4. The monoisotopic (exact) mass is 208 g/mol. The number of hydrogen-bond donors (Lipinski definition) is 0. The first-order valence-electron chi connectivity index (χ1n) is 5.55. The molecule has 0 N–H and O–H groups in total. The van der Waals surface area contributed by atoms with E-state index in [1.807, 2.05) is 18.2 Å². The van der Waals surface area contributed by atoms with Gasteiger partial charge >= 0.3 is 0 Å². The summed E-state index contributed by atoms with van der Waals surface area (Å²) >= 11 is 0. The summed E-state index contributed by atoms with van der Waals surface area (Å²) < 4.78 is 11.3. The van der Waals surface area contributed by atoms with Crippen LogP contribution in [0.2, 0.25) is 0 Å². The van der Waals surface area contributed by atoms with Crippen LogP contribution in [0.5, 0.6) is 0 Å². The molecule has 0 aliphatic carbocycles. The van der Waals surface area contributed by atoms with Gasteiger partial charge in [-0.25, -0.2) is 0 Å². The van der Waals surface area contributed by atoms with Crippen LogP contribution in [-0.2, 0) is 9.47 Å². The third kappa shape index (κ3) is 4.02. The molecule has 1 aliphatic rings. The maximum absolute atomic E-state index is 5.67. The van der Waals surface area contributed by atoms with Gasteiger partial charge in [0.05, 0.1) is 13.2 Å². The highest BCUT2D eigenvalue weighted by atomic mass is 16.7. The summed E-state index contributed by atoms with van der Waals surface area (Å²) in [5.74, 6) is -0.354. The van der Waals surface area contributed by atoms with Gasteiger partial charge in [0.25, 0.3) is 0 Å². The predicted molar refractivity (Wildman–Crippen MR) is 62.6 cm³/mol. The zero-order chi connectivity index (χ0) is 11.0. The van der Waals surface area contributed by atoms with Crippen molar-refractivity contribution in [2.75, 3.05) is 13.2 Å². The fourth-order valence-corrected chi connectivity index (χ4v) is 1.71. The third-order valence-electron chi connectivity index (χ3n) is 2.37. The van der Waals surface area contributed by atoms with Crippen LogP contribution in [0.25, 0.3) is 0 Å². The van der Waals surface area contributed by atoms with Crippen LogP contribution in [0.4, 0.5) is 0 Å². The molecule has 0 radical (unpaired) electrons. The van der Waals surface area contributed by atoms with Crippen LogP contribution in [0.1, 0.15) is 26.2 Å². The highest BCUT2D eigenvalue weighted by molar-refractivity contribution is 5.09. The average molecular weight is 208 g/mol. The normalized spacial score (nSPS) is 20.3. The zero-order valence-corrected chi connectivity index (χ0v) is 9.45. The van der Waals surface area contributed by atoms with Gasteiger partial charge in [0.1, 0.15) is 0 Å². The molecule has 1 heterocycles. The van der Waals surface area contributed by atoms with E-state index in [1.165, 1.54) is 0 Å². The second-order valence-corrected chi connectivity index (χ2v) is 3.61. The lowest BCUT2D eigenvalue weighted by Gasteiger charge is -2.25. The highest BCUT2D eigenvalue weighted by Gasteiger charge is 2.33. The Morgan fingerprint density at radius 2 is 1.93 bits per heavy atom. The van der Waals surface area contributed by atoms with Crippen molar-refractivity contribution in [2.45, 2.75) is 32.0 Å². The van der Waals surface area contributed by atoms with Gasteiger partial charge in [0.15, 0.2) is 5.79 Å². The molecule has 0 unspecified atom stereocenters. The minimum Gasteiger partial charge on any atom is -0.347 e. The Labute approximate surface area is 92.3 Å². The van der Waals surface area contributed by atoms with Gasteiger partial charge in [0, 0.05) is 12.8 Å². The maximum atomic E-state index is 5.67. The minimum atomic E-state index is -0.354. The molecule has 0 amide bonds. The standard InChI is InChI=1S/C13H20O2/c1-3-5-6-7-8-10-13(9-4-2)14-11-12-15-13/h3,5-8H,1,4,9-12H2,2H3/b6-5+,8-7?. The SMILES string of the molecule is C=C/C=C/C=CCC1(CCC)OCCO1. The van der Waals surface area contributed by atoms with Crippen molar-refractivity contribution in [1.29, 1.82) is 0 Å². The Kier molecular flexibility index (Phi) is 5.37. The zero-order valence-electron chi connectivity index (χ0n) is 9.45. The van der Waals surface area contributed by atoms with Crippen molar-refractivity contribution in [3.63, 3.8) is 0 Å². The molecule has 1 aliphatic heterocycles. The van der Waals surface area contributed by atoms with Crippen molar-refractivity contribution in [2.24, 2.45) is 0 Å². The Morgan fingerprint density at radius 1 is 1.20 bits per heavy atom. The van der Waals surface area contributed by atoms with Gasteiger partial charge in [-0.1, -0.05) is 50.3 Å². The van der Waals surface area contributed by atoms with Crippen LogP contribution >= 0.6 is 0 Å². The Morgan fingerprint density at radius 3 is 2.53 bits per heavy atom. The molecular formula is C13H20O2. The first-order valence-corrected chi connectivity index (χ1v) is 5.55. The molecule has 0 spiro atoms. The van der Waals surface area contributed by atoms with E-state index in [2.05, 4.69) is 19.6 Å². The van der Waals surface area contributed by atoms with Crippen LogP contribution in [0.3, 0.4) is 0 Å². The van der Waals surface area contributed by atoms with E-state index in [0.29, 0.717) is 0 Å². The summed E-state index contributed by atoms with van der Waals surface area (Å²) in [5.41, 5.74) is 0. The second-order valence-electron chi connectivity index (χ2n) is 3.61. The molecule has 15 heavy (non-hydrogen) atoms. The quantitative estimate of drug-likeness (QED) is 0.624. The van der Waals surface area contributed by atoms with E-state index in [9.17, 15) is 0 Å². The molecule has 0 saturated carbocycles. The molecule has 0 aromatic heterocycles. The Hall–Kier alpha value is -0.860. The van der Waals surface area contributed by atoms with E-state index in [1.54, 1.807) is 6.08 Å². The third-order valence-corrected chi connectivity index (χ3v) is 2.37. The molecular weight excluding hydrogens is 188 g/mol. The van der Waals surface area contributed by atoms with Crippen molar-refractivity contribution in [3.8, 4) is 0 Å². The van der Waals surface area contributed by atoms with Crippen molar-refractivity contribution >= 4 is 0 Å². The summed E-state index contributed by atoms with van der Waals surface area (Å²) in [6.45, 7) is 7.19. The fraction of sp³-hybridized carbons (Fsp3) is 0.538. The molecule has 0 aromatic carbocycles. The number of ether oxygens (including phenoxy) is 2. The van der Waals surface area contributed by atoms with Crippen LogP contribution < -0.4 is 0 Å². The first kappa shape index (κ1) is 12.2. The number of rotatable bonds is 6. The molecule has 1 fully saturated rings. The van der Waals surface area contributed by atoms with Gasteiger partial charge in [-0.15, -0.1) is 0 Å². The van der Waals surface area contributed by atoms with Gasteiger partial charge in [-0.2, -0.15) is 0 Å². The van der Waals surface area contributed by atoms with Crippen LogP contribution in [0, 0.1) is 0 Å². The average Bonchev–Trinajstić information content (AvgIpc) is 2.67. The topological polar surface area (TPSA) is 18.5 Å². The lowest BCUT2D eigenvalue weighted by Crippen LogP contribution is -2.28. The molecule has 1 saturated heterocycles. The largest absolute Gasteiger partial charge is 0.347 e. The number of hydrogen-bond acceptors (Lipinski definition) is 2. The Bertz CT molecular complexity index is 235. The lowest BCUT2D eigenvalue weighted by atomic mass is 10.1. The summed E-state index contributed by atoms with van der Waals surface area (Å²) in [4.78, 5) is 0. The molecule has 0 atom stereocenters. The smallest absolute Gasteiger partial charge is 0.171 e. The van der Waals surface area contributed by atoms with Gasteiger partial charge in [-0.3, -0.25) is 0 Å². The fourth-order valence-electron chi connectivity index (χ4n) is 1.71. The van der Waals surface area contributed by atoms with E-state index in [-0.39, 0.29) is 5.79 Å². The van der Waals surface area contributed by atoms with E-state index >= 15 is 0 Å². The molecule has 0 bridgehead atoms. The summed E-state index contributed by atoms with van der Waals surface area (Å²) in [7, 11) is 0. The van der Waals surface area contributed by atoms with Crippen molar-refractivity contribution in [1.82, 2.24) is 0 Å².